The van der Waals surface area contributed by atoms with E-state index < -0.39 is 0 Å². The van der Waals surface area contributed by atoms with E-state index in [1.807, 2.05) is 0 Å². The van der Waals surface area contributed by atoms with Crippen LogP contribution in [0.5, 0.6) is 0 Å². The van der Waals surface area contributed by atoms with E-state index in [2.05, 4.69) is 22.2 Å². The zero-order chi connectivity index (χ0) is 12.3. The monoisotopic (exact) mass is 254 g/mol. The molecule has 1 aliphatic carbocycles. The lowest BCUT2D eigenvalue weighted by molar-refractivity contribution is 0.293. The van der Waals surface area contributed by atoms with Gasteiger partial charge in [-0.2, -0.15) is 0 Å². The first-order chi connectivity index (χ1) is 8.16. The third-order valence-electron chi connectivity index (χ3n) is 3.44. The summed E-state index contributed by atoms with van der Waals surface area (Å²) in [4.78, 5) is 7.95. The second-order valence-corrected chi connectivity index (χ2v) is 5.30. The number of rotatable bonds is 3. The molecule has 17 heavy (non-hydrogen) atoms. The van der Waals surface area contributed by atoms with Crippen molar-refractivity contribution in [2.24, 2.45) is 11.8 Å². The van der Waals surface area contributed by atoms with Gasteiger partial charge in [0.25, 0.3) is 0 Å². The maximum Gasteiger partial charge on any atom is 0.157 e. The largest absolute Gasteiger partial charge is 0.393 e. The molecule has 1 fully saturated rings. The molecule has 1 heterocycles. The molecule has 0 aromatic carbocycles. The third-order valence-corrected chi connectivity index (χ3v) is 3.74. The molecule has 0 bridgehead atoms. The van der Waals surface area contributed by atoms with Crippen LogP contribution >= 0.6 is 11.6 Å². The Morgan fingerprint density at radius 1 is 1.47 bits per heavy atom. The smallest absolute Gasteiger partial charge is 0.157 e. The van der Waals surface area contributed by atoms with Crippen LogP contribution in [-0.2, 0) is 0 Å². The highest BCUT2D eigenvalue weighted by Crippen LogP contribution is 2.29. The molecule has 0 radical (unpaired) electrons. The molecule has 1 saturated carbocycles. The first-order valence-corrected chi connectivity index (χ1v) is 6.54. The van der Waals surface area contributed by atoms with Crippen LogP contribution in [0.1, 0.15) is 32.6 Å². The van der Waals surface area contributed by atoms with Crippen LogP contribution in [0.2, 0.25) is 5.15 Å². The molecule has 0 spiro atoms. The second-order valence-electron chi connectivity index (χ2n) is 4.95. The lowest BCUT2D eigenvalue weighted by Gasteiger charge is -2.27. The van der Waals surface area contributed by atoms with Crippen LogP contribution in [0.3, 0.4) is 0 Å². The first kappa shape index (κ1) is 12.4. The van der Waals surface area contributed by atoms with Crippen molar-refractivity contribution in [1.82, 2.24) is 9.97 Å². The highest BCUT2D eigenvalue weighted by Gasteiger charge is 2.19. The van der Waals surface area contributed by atoms with Crippen molar-refractivity contribution in [3.63, 3.8) is 0 Å². The highest BCUT2D eigenvalue weighted by molar-refractivity contribution is 6.32. The zero-order valence-corrected chi connectivity index (χ0v) is 10.9. The summed E-state index contributed by atoms with van der Waals surface area (Å²) in [5, 5.41) is 3.60. The highest BCUT2D eigenvalue weighted by atomic mass is 35.5. The van der Waals surface area contributed by atoms with Crippen LogP contribution in [-0.4, -0.2) is 16.5 Å². The first-order valence-electron chi connectivity index (χ1n) is 6.16. The van der Waals surface area contributed by atoms with Crippen molar-refractivity contribution in [2.75, 3.05) is 17.6 Å². The molecular weight excluding hydrogens is 236 g/mol. The summed E-state index contributed by atoms with van der Waals surface area (Å²) in [7, 11) is 0. The van der Waals surface area contributed by atoms with Crippen molar-refractivity contribution >= 4 is 23.1 Å². The standard InChI is InChI=1S/C12H19ClN4/c1-8-3-2-4-9(5-8)6-15-12-10(14)11(13)16-7-17-12/h7-9H,2-6,14H2,1H3,(H,15,16,17). The molecule has 4 nitrogen and oxygen atoms in total. The van der Waals surface area contributed by atoms with Crippen molar-refractivity contribution in [2.45, 2.75) is 32.6 Å². The van der Waals surface area contributed by atoms with Gasteiger partial charge in [0.15, 0.2) is 11.0 Å². The maximum atomic E-state index is 5.84. The Kier molecular flexibility index (Phi) is 4.05. The minimum Gasteiger partial charge on any atom is -0.393 e. The quantitative estimate of drug-likeness (QED) is 0.814. The molecule has 0 aliphatic heterocycles. The molecule has 1 aliphatic rings. The summed E-state index contributed by atoms with van der Waals surface area (Å²) in [5.74, 6) is 2.21. The molecule has 0 saturated heterocycles. The fraction of sp³-hybridized carbons (Fsp3) is 0.667. The molecule has 2 rings (SSSR count). The second kappa shape index (κ2) is 5.54. The van der Waals surface area contributed by atoms with Crippen LogP contribution in [0.15, 0.2) is 6.33 Å². The van der Waals surface area contributed by atoms with E-state index in [9.17, 15) is 0 Å². The number of nitrogens with one attached hydrogen (secondary N) is 1. The molecule has 1 aromatic rings. The Labute approximate surface area is 107 Å². The van der Waals surface area contributed by atoms with Gasteiger partial charge in [0.2, 0.25) is 0 Å². The number of hydrogen-bond donors (Lipinski definition) is 2. The van der Waals surface area contributed by atoms with Crippen molar-refractivity contribution in [3.8, 4) is 0 Å². The Bertz CT molecular complexity index is 383. The molecule has 94 valence electrons. The summed E-state index contributed by atoms with van der Waals surface area (Å²) in [6.45, 7) is 3.24. The minimum absolute atomic E-state index is 0.319. The summed E-state index contributed by atoms with van der Waals surface area (Å²) in [6, 6.07) is 0. The molecule has 3 N–H and O–H groups in total. The summed E-state index contributed by atoms with van der Waals surface area (Å²) in [5.41, 5.74) is 6.25. The topological polar surface area (TPSA) is 63.8 Å². The molecule has 1 aromatic heterocycles. The van der Waals surface area contributed by atoms with Gasteiger partial charge in [-0.15, -0.1) is 0 Å². The zero-order valence-electron chi connectivity index (χ0n) is 10.1. The van der Waals surface area contributed by atoms with Crippen LogP contribution < -0.4 is 11.1 Å². The van der Waals surface area contributed by atoms with Gasteiger partial charge in [0.1, 0.15) is 12.0 Å². The number of hydrogen-bond acceptors (Lipinski definition) is 4. The minimum atomic E-state index is 0.319. The molecular formula is C12H19ClN4. The van der Waals surface area contributed by atoms with Crippen LogP contribution in [0, 0.1) is 11.8 Å². The van der Waals surface area contributed by atoms with E-state index in [0.29, 0.717) is 22.6 Å². The fourth-order valence-corrected chi connectivity index (χ4v) is 2.63. The Hall–Kier alpha value is -1.03. The van der Waals surface area contributed by atoms with Gasteiger partial charge < -0.3 is 11.1 Å². The van der Waals surface area contributed by atoms with E-state index in [0.717, 1.165) is 12.5 Å². The summed E-state index contributed by atoms with van der Waals surface area (Å²) in [6.07, 6.45) is 6.69. The normalized spacial score (nSPS) is 24.6. The number of nitrogens with zero attached hydrogens (tertiary/aromatic N) is 2. The van der Waals surface area contributed by atoms with Gasteiger partial charge in [-0.3, -0.25) is 0 Å². The van der Waals surface area contributed by atoms with Crippen molar-refractivity contribution in [1.29, 1.82) is 0 Å². The van der Waals surface area contributed by atoms with Crippen molar-refractivity contribution in [3.05, 3.63) is 11.5 Å². The average molecular weight is 255 g/mol. The number of anilines is 2. The van der Waals surface area contributed by atoms with E-state index in [1.165, 1.54) is 32.0 Å². The molecule has 0 amide bonds. The van der Waals surface area contributed by atoms with E-state index in [1.54, 1.807) is 0 Å². The van der Waals surface area contributed by atoms with Gasteiger partial charge >= 0.3 is 0 Å². The fourth-order valence-electron chi connectivity index (χ4n) is 2.50. The lowest BCUT2D eigenvalue weighted by Crippen LogP contribution is -2.21. The number of halogens is 1. The number of aromatic nitrogens is 2. The molecule has 5 heteroatoms. The Morgan fingerprint density at radius 2 is 2.29 bits per heavy atom. The predicted octanol–water partition coefficient (Wildman–Crippen LogP) is 2.95. The van der Waals surface area contributed by atoms with Crippen molar-refractivity contribution < 1.29 is 0 Å². The van der Waals surface area contributed by atoms with Gasteiger partial charge in [-0.1, -0.05) is 31.4 Å². The van der Waals surface area contributed by atoms with Gasteiger partial charge in [0.05, 0.1) is 0 Å². The number of nitrogens with two attached hydrogens (primary N) is 1. The lowest BCUT2D eigenvalue weighted by atomic mass is 9.82. The van der Waals surface area contributed by atoms with E-state index >= 15 is 0 Å². The van der Waals surface area contributed by atoms with E-state index in [-0.39, 0.29) is 0 Å². The maximum absolute atomic E-state index is 5.84. The Morgan fingerprint density at radius 3 is 3.06 bits per heavy atom. The predicted molar refractivity (Wildman–Crippen MR) is 71.1 cm³/mol. The third kappa shape index (κ3) is 3.22. The van der Waals surface area contributed by atoms with Gasteiger partial charge in [0, 0.05) is 6.54 Å². The Balaban J connectivity index is 1.91. The molecule has 2 atom stereocenters. The van der Waals surface area contributed by atoms with Crippen LogP contribution in [0.25, 0.3) is 0 Å². The number of nitrogen functional groups attached to an aromatic ring is 1. The SMILES string of the molecule is CC1CCCC(CNc2ncnc(Cl)c2N)C1. The summed E-state index contributed by atoms with van der Waals surface area (Å²) < 4.78 is 0. The van der Waals surface area contributed by atoms with Crippen LogP contribution in [0.4, 0.5) is 11.5 Å². The molecule has 2 unspecified atom stereocenters. The van der Waals surface area contributed by atoms with Gasteiger partial charge in [-0.25, -0.2) is 9.97 Å². The summed E-state index contributed by atoms with van der Waals surface area (Å²) >= 11 is 5.84. The van der Waals surface area contributed by atoms with Gasteiger partial charge in [-0.05, 0) is 24.7 Å². The van der Waals surface area contributed by atoms with E-state index in [4.69, 9.17) is 17.3 Å². The average Bonchev–Trinajstić information content (AvgIpc) is 2.31.